The highest BCUT2D eigenvalue weighted by Gasteiger charge is 2.35. The van der Waals surface area contributed by atoms with Gasteiger partial charge in [-0.15, -0.1) is 0 Å². The van der Waals surface area contributed by atoms with E-state index in [0.717, 1.165) is 35.3 Å². The molecule has 1 aromatic carbocycles. The average Bonchev–Trinajstić information content (AvgIpc) is 3.19. The summed E-state index contributed by atoms with van der Waals surface area (Å²) in [5.41, 5.74) is 1.74. The number of hydrogen-bond donors (Lipinski definition) is 2. The number of aromatic amines is 1. The van der Waals surface area contributed by atoms with E-state index in [9.17, 15) is 4.79 Å². The maximum absolute atomic E-state index is 12.5. The number of carbonyl (C=O) groups excluding carboxylic acids is 1. The number of hydrogen-bond acceptors (Lipinski definition) is 3. The number of rotatable bonds is 5. The molecule has 6 nitrogen and oxygen atoms in total. The Bertz CT molecular complexity index is 845. The first-order chi connectivity index (χ1) is 11.2. The van der Waals surface area contributed by atoms with Gasteiger partial charge in [-0.25, -0.2) is 4.98 Å². The molecule has 0 radical (unpaired) electrons. The molecule has 1 aliphatic rings. The van der Waals surface area contributed by atoms with Gasteiger partial charge >= 0.3 is 0 Å². The predicted molar refractivity (Wildman–Crippen MR) is 86.6 cm³/mol. The number of nitrogens with one attached hydrogen (secondary N) is 2. The van der Waals surface area contributed by atoms with Gasteiger partial charge in [-0.1, -0.05) is 18.2 Å². The Labute approximate surface area is 133 Å². The highest BCUT2D eigenvalue weighted by Crippen LogP contribution is 2.40. The second kappa shape index (κ2) is 5.53. The molecule has 2 heterocycles. The molecule has 3 aromatic rings. The lowest BCUT2D eigenvalue weighted by molar-refractivity contribution is -0.121. The standard InChI is InChI=1S/C17H19N5O/c1-22-9-8-18-17(22)16(11-6-7-11)19-15(23)10-14-12-4-2-3-5-13(12)20-21-14/h2-5,8-9,11,16H,6-7,10H2,1H3,(H,19,23)(H,20,21)/t16-/m1/s1. The van der Waals surface area contributed by atoms with Crippen molar-refractivity contribution in [1.29, 1.82) is 0 Å². The number of nitrogens with zero attached hydrogens (tertiary/aromatic N) is 3. The van der Waals surface area contributed by atoms with Gasteiger partial charge in [-0.2, -0.15) is 5.10 Å². The summed E-state index contributed by atoms with van der Waals surface area (Å²) in [7, 11) is 1.96. The number of para-hydroxylation sites is 1. The maximum atomic E-state index is 12.5. The molecule has 0 spiro atoms. The molecule has 0 unspecified atom stereocenters. The van der Waals surface area contributed by atoms with Crippen LogP contribution >= 0.6 is 0 Å². The summed E-state index contributed by atoms with van der Waals surface area (Å²) in [5.74, 6) is 1.42. The van der Waals surface area contributed by atoms with Crippen molar-refractivity contribution >= 4 is 16.8 Å². The van der Waals surface area contributed by atoms with Gasteiger partial charge in [0.15, 0.2) is 0 Å². The summed E-state index contributed by atoms with van der Waals surface area (Å²) in [4.78, 5) is 16.9. The van der Waals surface area contributed by atoms with Gasteiger partial charge in [0.05, 0.1) is 23.7 Å². The van der Waals surface area contributed by atoms with Gasteiger partial charge in [0.1, 0.15) is 5.82 Å². The van der Waals surface area contributed by atoms with Gasteiger partial charge in [-0.05, 0) is 24.8 Å². The number of imidazole rings is 1. The molecule has 2 N–H and O–H groups in total. The van der Waals surface area contributed by atoms with Crippen molar-refractivity contribution in [2.45, 2.75) is 25.3 Å². The number of benzene rings is 1. The SMILES string of the molecule is Cn1ccnc1[C@H](NC(=O)Cc1[nH]nc2ccccc12)C1CC1. The van der Waals surface area contributed by atoms with Crippen molar-refractivity contribution in [3.8, 4) is 0 Å². The smallest absolute Gasteiger partial charge is 0.226 e. The maximum Gasteiger partial charge on any atom is 0.226 e. The summed E-state index contributed by atoms with van der Waals surface area (Å²) in [6.07, 6.45) is 6.28. The van der Waals surface area contributed by atoms with E-state index in [0.29, 0.717) is 12.3 Å². The Morgan fingerprint density at radius 1 is 1.43 bits per heavy atom. The molecule has 0 aliphatic heterocycles. The number of H-pyrrole nitrogens is 1. The summed E-state index contributed by atoms with van der Waals surface area (Å²) in [6.45, 7) is 0. The Hall–Kier alpha value is -2.63. The molecule has 2 aromatic heterocycles. The van der Waals surface area contributed by atoms with Crippen molar-refractivity contribution in [1.82, 2.24) is 25.1 Å². The van der Waals surface area contributed by atoms with Gasteiger partial charge in [0.25, 0.3) is 0 Å². The van der Waals surface area contributed by atoms with E-state index >= 15 is 0 Å². The molecular formula is C17H19N5O. The fourth-order valence-corrected chi connectivity index (χ4v) is 3.03. The van der Waals surface area contributed by atoms with E-state index in [1.54, 1.807) is 6.20 Å². The minimum Gasteiger partial charge on any atom is -0.346 e. The average molecular weight is 309 g/mol. The van der Waals surface area contributed by atoms with Crippen LogP contribution in [0.3, 0.4) is 0 Å². The molecule has 1 aliphatic carbocycles. The highest BCUT2D eigenvalue weighted by molar-refractivity contribution is 5.87. The van der Waals surface area contributed by atoms with Gasteiger partial charge in [0, 0.05) is 24.8 Å². The molecular weight excluding hydrogens is 290 g/mol. The molecule has 6 heteroatoms. The van der Waals surface area contributed by atoms with Crippen LogP contribution in [0.25, 0.3) is 10.9 Å². The van der Waals surface area contributed by atoms with Gasteiger partial charge in [-0.3, -0.25) is 9.89 Å². The molecule has 1 atom stereocenters. The minimum atomic E-state index is -0.00307. The lowest BCUT2D eigenvalue weighted by Crippen LogP contribution is -2.32. The quantitative estimate of drug-likeness (QED) is 0.758. The van der Waals surface area contributed by atoms with Crippen LogP contribution in [0.2, 0.25) is 0 Å². The van der Waals surface area contributed by atoms with Crippen molar-refractivity contribution in [2.75, 3.05) is 0 Å². The molecule has 23 heavy (non-hydrogen) atoms. The third-order valence-corrected chi connectivity index (χ3v) is 4.42. The molecule has 4 rings (SSSR count). The molecule has 1 amide bonds. The minimum absolute atomic E-state index is 0.000645. The number of aryl methyl sites for hydroxylation is 1. The fraction of sp³-hybridized carbons (Fsp3) is 0.353. The second-order valence-electron chi connectivity index (χ2n) is 6.18. The van der Waals surface area contributed by atoms with Gasteiger partial charge < -0.3 is 9.88 Å². The van der Waals surface area contributed by atoms with Crippen molar-refractivity contribution in [3.05, 3.63) is 48.2 Å². The monoisotopic (exact) mass is 309 g/mol. The van der Waals surface area contributed by atoms with Crippen LogP contribution < -0.4 is 5.32 Å². The van der Waals surface area contributed by atoms with E-state index < -0.39 is 0 Å². The zero-order valence-electron chi connectivity index (χ0n) is 13.0. The first kappa shape index (κ1) is 14.0. The summed E-state index contributed by atoms with van der Waals surface area (Å²) in [5, 5.41) is 11.4. The van der Waals surface area contributed by atoms with E-state index in [-0.39, 0.29) is 11.9 Å². The third kappa shape index (κ3) is 2.72. The highest BCUT2D eigenvalue weighted by atomic mass is 16.1. The molecule has 0 saturated heterocycles. The van der Waals surface area contributed by atoms with Crippen molar-refractivity contribution in [3.63, 3.8) is 0 Å². The van der Waals surface area contributed by atoms with Crippen LogP contribution in [0.15, 0.2) is 36.7 Å². The molecule has 1 saturated carbocycles. The van der Waals surface area contributed by atoms with E-state index in [1.165, 1.54) is 0 Å². The number of fused-ring (bicyclic) bond motifs is 1. The third-order valence-electron chi connectivity index (χ3n) is 4.42. The molecule has 0 bridgehead atoms. The normalized spacial score (nSPS) is 15.7. The van der Waals surface area contributed by atoms with Crippen LogP contribution in [-0.4, -0.2) is 25.7 Å². The molecule has 1 fully saturated rings. The zero-order chi connectivity index (χ0) is 15.8. The van der Waals surface area contributed by atoms with E-state index in [4.69, 9.17) is 0 Å². The first-order valence-electron chi connectivity index (χ1n) is 7.91. The van der Waals surface area contributed by atoms with Crippen LogP contribution in [0.5, 0.6) is 0 Å². The van der Waals surface area contributed by atoms with Crippen LogP contribution in [0.1, 0.15) is 30.4 Å². The van der Waals surface area contributed by atoms with E-state index in [1.807, 2.05) is 42.1 Å². The number of amides is 1. The Morgan fingerprint density at radius 2 is 2.26 bits per heavy atom. The second-order valence-corrected chi connectivity index (χ2v) is 6.18. The Balaban J connectivity index is 1.51. The summed E-state index contributed by atoms with van der Waals surface area (Å²) < 4.78 is 1.98. The van der Waals surface area contributed by atoms with Crippen molar-refractivity contribution < 1.29 is 4.79 Å². The van der Waals surface area contributed by atoms with Crippen LogP contribution in [0, 0.1) is 5.92 Å². The zero-order valence-corrected chi connectivity index (χ0v) is 13.0. The van der Waals surface area contributed by atoms with Crippen molar-refractivity contribution in [2.24, 2.45) is 13.0 Å². The van der Waals surface area contributed by atoms with Crippen LogP contribution in [0.4, 0.5) is 0 Å². The fourth-order valence-electron chi connectivity index (χ4n) is 3.03. The number of aromatic nitrogens is 4. The first-order valence-corrected chi connectivity index (χ1v) is 7.91. The van der Waals surface area contributed by atoms with Crippen LogP contribution in [-0.2, 0) is 18.3 Å². The Morgan fingerprint density at radius 3 is 3.00 bits per heavy atom. The predicted octanol–water partition coefficient (Wildman–Crippen LogP) is 2.11. The molecule has 118 valence electrons. The lowest BCUT2D eigenvalue weighted by Gasteiger charge is -2.18. The largest absolute Gasteiger partial charge is 0.346 e. The van der Waals surface area contributed by atoms with E-state index in [2.05, 4.69) is 20.5 Å². The summed E-state index contributed by atoms with van der Waals surface area (Å²) in [6, 6.07) is 7.82. The topological polar surface area (TPSA) is 75.6 Å². The lowest BCUT2D eigenvalue weighted by atomic mass is 10.1. The van der Waals surface area contributed by atoms with Gasteiger partial charge in [0.2, 0.25) is 5.91 Å². The Kier molecular flexibility index (Phi) is 3.37. The summed E-state index contributed by atoms with van der Waals surface area (Å²) >= 11 is 0. The number of carbonyl (C=O) groups is 1.